The number of benzene rings is 1. The van der Waals surface area contributed by atoms with Crippen LogP contribution in [0.2, 0.25) is 0 Å². The van der Waals surface area contributed by atoms with E-state index >= 15 is 0 Å². The molecular weight excluding hydrogens is 257 g/mol. The summed E-state index contributed by atoms with van der Waals surface area (Å²) >= 11 is 0. The lowest BCUT2D eigenvalue weighted by Crippen LogP contribution is -2.30. The molecule has 1 aromatic carbocycles. The number of halogens is 1. The second kappa shape index (κ2) is 7.20. The number of carboxylic acid groups (broad SMARTS) is 1. The van der Waals surface area contributed by atoms with Crippen LogP contribution in [0.1, 0.15) is 43.7 Å². The van der Waals surface area contributed by atoms with Crippen LogP contribution in [0.4, 0.5) is 4.39 Å². The van der Waals surface area contributed by atoms with E-state index in [0.717, 1.165) is 19.3 Å². The first-order chi connectivity index (χ1) is 9.68. The molecule has 0 saturated heterocycles. The minimum absolute atomic E-state index is 0.192. The van der Waals surface area contributed by atoms with Crippen molar-refractivity contribution >= 4 is 5.97 Å². The van der Waals surface area contributed by atoms with E-state index in [9.17, 15) is 14.3 Å². The van der Waals surface area contributed by atoms with Crippen molar-refractivity contribution in [2.24, 2.45) is 0 Å². The number of allylic oxidation sites excluding steroid dienone is 1. The van der Waals surface area contributed by atoms with E-state index in [1.807, 2.05) is 0 Å². The van der Waals surface area contributed by atoms with Crippen molar-refractivity contribution in [1.29, 1.82) is 0 Å². The minimum atomic E-state index is -1.05. The van der Waals surface area contributed by atoms with Crippen molar-refractivity contribution in [2.45, 2.75) is 38.1 Å². The second-order valence-corrected chi connectivity index (χ2v) is 5.11. The van der Waals surface area contributed by atoms with Gasteiger partial charge in [-0.1, -0.05) is 29.8 Å². The van der Waals surface area contributed by atoms with Crippen LogP contribution in [0.15, 0.2) is 35.9 Å². The van der Waals surface area contributed by atoms with Crippen molar-refractivity contribution in [3.63, 3.8) is 0 Å². The smallest absolute Gasteiger partial charge is 0.325 e. The largest absolute Gasteiger partial charge is 0.480 e. The van der Waals surface area contributed by atoms with E-state index in [1.165, 1.54) is 30.5 Å². The van der Waals surface area contributed by atoms with Gasteiger partial charge in [-0.2, -0.15) is 0 Å². The Morgan fingerprint density at radius 3 is 2.80 bits per heavy atom. The molecule has 0 saturated carbocycles. The molecule has 4 heteroatoms. The summed E-state index contributed by atoms with van der Waals surface area (Å²) in [7, 11) is 0. The zero-order valence-electron chi connectivity index (χ0n) is 11.4. The molecule has 0 aliphatic heterocycles. The Morgan fingerprint density at radius 1 is 1.35 bits per heavy atom. The van der Waals surface area contributed by atoms with Gasteiger partial charge < -0.3 is 10.4 Å². The monoisotopic (exact) mass is 277 g/mol. The number of nitrogens with one attached hydrogen (secondary N) is 1. The molecule has 0 spiro atoms. The molecule has 0 fully saturated rings. The Kier molecular flexibility index (Phi) is 5.30. The van der Waals surface area contributed by atoms with Crippen molar-refractivity contribution in [3.05, 3.63) is 47.3 Å². The lowest BCUT2D eigenvalue weighted by molar-refractivity contribution is -0.139. The number of carboxylic acids is 1. The normalized spacial score (nSPS) is 16.6. The number of aliphatic carboxylic acids is 1. The number of rotatable bonds is 6. The molecule has 3 nitrogen and oxygen atoms in total. The van der Waals surface area contributed by atoms with Gasteiger partial charge in [-0.05, 0) is 44.7 Å². The van der Waals surface area contributed by atoms with Crippen LogP contribution >= 0.6 is 0 Å². The fraction of sp³-hybridized carbons (Fsp3) is 0.438. The lowest BCUT2D eigenvalue weighted by Gasteiger charge is -2.17. The van der Waals surface area contributed by atoms with Gasteiger partial charge in [0.25, 0.3) is 0 Å². The number of hydrogen-bond acceptors (Lipinski definition) is 2. The van der Waals surface area contributed by atoms with Crippen molar-refractivity contribution in [3.8, 4) is 0 Å². The molecule has 20 heavy (non-hydrogen) atoms. The molecule has 108 valence electrons. The van der Waals surface area contributed by atoms with Gasteiger partial charge in [-0.25, -0.2) is 4.39 Å². The number of carbonyl (C=O) groups is 1. The van der Waals surface area contributed by atoms with Crippen molar-refractivity contribution in [2.75, 3.05) is 6.54 Å². The topological polar surface area (TPSA) is 49.3 Å². The van der Waals surface area contributed by atoms with Gasteiger partial charge in [0, 0.05) is 5.56 Å². The molecule has 0 amide bonds. The van der Waals surface area contributed by atoms with Crippen LogP contribution in [0.25, 0.3) is 0 Å². The van der Waals surface area contributed by atoms with Crippen LogP contribution in [-0.4, -0.2) is 17.6 Å². The van der Waals surface area contributed by atoms with Crippen LogP contribution in [0.5, 0.6) is 0 Å². The average Bonchev–Trinajstić information content (AvgIpc) is 2.45. The van der Waals surface area contributed by atoms with Crippen LogP contribution in [0, 0.1) is 5.82 Å². The fourth-order valence-corrected chi connectivity index (χ4v) is 2.55. The van der Waals surface area contributed by atoms with E-state index in [4.69, 9.17) is 0 Å². The number of hydrogen-bond donors (Lipinski definition) is 2. The predicted molar refractivity (Wildman–Crippen MR) is 75.9 cm³/mol. The Hall–Kier alpha value is -1.68. The molecule has 2 rings (SSSR count). The fourth-order valence-electron chi connectivity index (χ4n) is 2.55. The maximum absolute atomic E-state index is 13.7. The highest BCUT2D eigenvalue weighted by atomic mass is 19.1. The molecule has 1 aliphatic carbocycles. The van der Waals surface area contributed by atoms with Gasteiger partial charge >= 0.3 is 5.97 Å². The first-order valence-corrected chi connectivity index (χ1v) is 7.07. The zero-order valence-corrected chi connectivity index (χ0v) is 11.4. The summed E-state index contributed by atoms with van der Waals surface area (Å²) in [5.41, 5.74) is 1.57. The molecule has 1 atom stereocenters. The summed E-state index contributed by atoms with van der Waals surface area (Å²) in [4.78, 5) is 11.3. The Labute approximate surface area is 118 Å². The molecular formula is C16H20FNO2. The summed E-state index contributed by atoms with van der Waals surface area (Å²) < 4.78 is 13.7. The molecule has 1 aliphatic rings. The van der Waals surface area contributed by atoms with Gasteiger partial charge in [-0.3, -0.25) is 4.79 Å². The lowest BCUT2D eigenvalue weighted by atomic mass is 9.97. The molecule has 1 aromatic rings. The third-order valence-corrected chi connectivity index (χ3v) is 3.64. The van der Waals surface area contributed by atoms with E-state index in [-0.39, 0.29) is 5.56 Å². The van der Waals surface area contributed by atoms with Crippen molar-refractivity contribution in [1.82, 2.24) is 5.32 Å². The van der Waals surface area contributed by atoms with E-state index in [1.54, 1.807) is 12.1 Å². The first-order valence-electron chi connectivity index (χ1n) is 7.07. The van der Waals surface area contributed by atoms with Gasteiger partial charge in [-0.15, -0.1) is 0 Å². The second-order valence-electron chi connectivity index (χ2n) is 5.11. The molecule has 0 radical (unpaired) electrons. The summed E-state index contributed by atoms with van der Waals surface area (Å²) in [6.45, 7) is 0.553. The van der Waals surface area contributed by atoms with Crippen LogP contribution in [0.3, 0.4) is 0 Å². The average molecular weight is 277 g/mol. The highest BCUT2D eigenvalue weighted by Gasteiger charge is 2.22. The third kappa shape index (κ3) is 3.90. The minimum Gasteiger partial charge on any atom is -0.480 e. The summed E-state index contributed by atoms with van der Waals surface area (Å²) in [6.07, 6.45) is 7.73. The Morgan fingerprint density at radius 2 is 2.15 bits per heavy atom. The summed E-state index contributed by atoms with van der Waals surface area (Å²) in [6, 6.07) is 5.03. The van der Waals surface area contributed by atoms with E-state index < -0.39 is 17.8 Å². The summed E-state index contributed by atoms with van der Waals surface area (Å²) in [5, 5.41) is 12.2. The molecule has 0 aromatic heterocycles. The van der Waals surface area contributed by atoms with Crippen LogP contribution in [-0.2, 0) is 4.79 Å². The van der Waals surface area contributed by atoms with E-state index in [2.05, 4.69) is 11.4 Å². The maximum Gasteiger partial charge on any atom is 0.325 e. The molecule has 0 bridgehead atoms. The van der Waals surface area contributed by atoms with Gasteiger partial charge in [0.05, 0.1) is 0 Å². The Bertz CT molecular complexity index is 499. The molecule has 2 N–H and O–H groups in total. The molecule has 0 heterocycles. The predicted octanol–water partition coefficient (Wildman–Crippen LogP) is 3.43. The highest BCUT2D eigenvalue weighted by molar-refractivity contribution is 5.75. The highest BCUT2D eigenvalue weighted by Crippen LogP contribution is 2.21. The molecule has 1 unspecified atom stereocenters. The first kappa shape index (κ1) is 14.7. The van der Waals surface area contributed by atoms with Gasteiger partial charge in [0.15, 0.2) is 0 Å². The quantitative estimate of drug-likeness (QED) is 0.783. The standard InChI is InChI=1S/C16H20FNO2/c17-14-9-5-4-8-13(14)15(16(19)20)18-11-10-12-6-2-1-3-7-12/h4-6,8-9,15,18H,1-3,7,10-11H2,(H,19,20). The third-order valence-electron chi connectivity index (χ3n) is 3.64. The summed E-state index contributed by atoms with van der Waals surface area (Å²) in [5.74, 6) is -1.53. The SMILES string of the molecule is O=C(O)C(NCCC1=CCCCC1)c1ccccc1F. The van der Waals surface area contributed by atoms with Gasteiger partial charge in [0.1, 0.15) is 11.9 Å². The maximum atomic E-state index is 13.7. The van der Waals surface area contributed by atoms with E-state index in [0.29, 0.717) is 6.54 Å². The Balaban J connectivity index is 1.95. The van der Waals surface area contributed by atoms with Crippen molar-refractivity contribution < 1.29 is 14.3 Å². The van der Waals surface area contributed by atoms with Crippen LogP contribution < -0.4 is 5.32 Å². The zero-order chi connectivity index (χ0) is 14.4. The van der Waals surface area contributed by atoms with Gasteiger partial charge in [0.2, 0.25) is 0 Å².